The molecule has 10 heteroatoms. The fraction of sp³-hybridized carbons (Fsp3) is 0.647. The van der Waals surface area contributed by atoms with Crippen LogP contribution < -0.4 is 10.5 Å². The number of anilines is 1. The molecule has 9 nitrogen and oxygen atoms in total. The summed E-state index contributed by atoms with van der Waals surface area (Å²) in [5.74, 6) is -0.153. The molecule has 0 saturated carbocycles. The second kappa shape index (κ2) is 7.91. The normalized spacial score (nSPS) is 19.0. The monoisotopic (exact) mass is 392 g/mol. The van der Waals surface area contributed by atoms with E-state index in [-0.39, 0.29) is 5.91 Å². The number of aromatic nitrogens is 3. The van der Waals surface area contributed by atoms with Crippen molar-refractivity contribution >= 4 is 27.3 Å². The van der Waals surface area contributed by atoms with E-state index in [9.17, 15) is 9.59 Å². The van der Waals surface area contributed by atoms with Crippen molar-refractivity contribution in [2.24, 2.45) is 0 Å². The van der Waals surface area contributed by atoms with Gasteiger partial charge in [-0.3, -0.25) is 14.5 Å². The molecule has 0 spiro atoms. The third kappa shape index (κ3) is 3.83. The van der Waals surface area contributed by atoms with Crippen LogP contribution in [0.2, 0.25) is 0 Å². The fourth-order valence-electron chi connectivity index (χ4n) is 3.49. The highest BCUT2D eigenvalue weighted by Crippen LogP contribution is 2.23. The first kappa shape index (κ1) is 18.3. The minimum atomic E-state index is -0.403. The van der Waals surface area contributed by atoms with Gasteiger partial charge in [0.2, 0.25) is 10.1 Å². The summed E-state index contributed by atoms with van der Waals surface area (Å²) >= 11 is 1.34. The minimum absolute atomic E-state index is 0.153. The Hall–Kier alpha value is -2.04. The second-order valence-corrected chi connectivity index (χ2v) is 7.73. The number of ether oxygens (including phenoxy) is 1. The SMILES string of the molecule is CCCN1CCN(C(=O)c2cc(=O)nc3sc(N4CCOCC4)nn23)CC1. The van der Waals surface area contributed by atoms with Crippen molar-refractivity contribution in [1.82, 2.24) is 24.4 Å². The van der Waals surface area contributed by atoms with Crippen molar-refractivity contribution in [3.8, 4) is 0 Å². The maximum atomic E-state index is 13.1. The maximum absolute atomic E-state index is 13.1. The molecule has 0 N–H and O–H groups in total. The Morgan fingerprint density at radius 1 is 1.19 bits per heavy atom. The fourth-order valence-corrected chi connectivity index (χ4v) is 4.45. The van der Waals surface area contributed by atoms with Crippen LogP contribution in [0.3, 0.4) is 0 Å². The molecule has 2 aliphatic heterocycles. The van der Waals surface area contributed by atoms with Gasteiger partial charge in [-0.05, 0) is 13.0 Å². The van der Waals surface area contributed by atoms with Crippen LogP contribution in [0.1, 0.15) is 23.8 Å². The number of morpholine rings is 1. The number of nitrogens with zero attached hydrogens (tertiary/aromatic N) is 6. The highest BCUT2D eigenvalue weighted by molar-refractivity contribution is 7.20. The Balaban J connectivity index is 1.60. The zero-order valence-corrected chi connectivity index (χ0v) is 16.3. The van der Waals surface area contributed by atoms with E-state index >= 15 is 0 Å². The molecule has 27 heavy (non-hydrogen) atoms. The highest BCUT2D eigenvalue weighted by Gasteiger charge is 2.26. The molecule has 4 rings (SSSR count). The van der Waals surface area contributed by atoms with Gasteiger partial charge in [-0.25, -0.2) is 0 Å². The Bertz CT molecular complexity index is 867. The molecule has 0 bridgehead atoms. The number of hydrogen-bond donors (Lipinski definition) is 0. The van der Waals surface area contributed by atoms with Crippen LogP contribution >= 0.6 is 11.3 Å². The van der Waals surface area contributed by atoms with Crippen molar-refractivity contribution in [3.05, 3.63) is 22.1 Å². The number of carbonyl (C=O) groups excluding carboxylic acids is 1. The molecule has 2 aliphatic rings. The number of hydrogen-bond acceptors (Lipinski definition) is 8. The molecule has 2 fully saturated rings. The molecule has 146 valence electrons. The molecule has 0 radical (unpaired) electrons. The van der Waals surface area contributed by atoms with Crippen LogP contribution in [0, 0.1) is 0 Å². The molecular formula is C17H24N6O3S. The molecular weight excluding hydrogens is 368 g/mol. The van der Waals surface area contributed by atoms with E-state index in [1.807, 2.05) is 0 Å². The number of amides is 1. The standard InChI is InChI=1S/C17H24N6O3S/c1-2-3-20-4-6-21(7-5-20)15(25)13-12-14(24)18-16-23(13)19-17(27-16)22-8-10-26-11-9-22/h12H,2-11H2,1H3. The maximum Gasteiger partial charge on any atom is 0.274 e. The van der Waals surface area contributed by atoms with Crippen molar-refractivity contribution in [1.29, 1.82) is 0 Å². The predicted molar refractivity (Wildman–Crippen MR) is 103 cm³/mol. The summed E-state index contributed by atoms with van der Waals surface area (Å²) in [4.78, 5) is 35.9. The van der Waals surface area contributed by atoms with Crippen LogP contribution in [0.25, 0.3) is 4.96 Å². The lowest BCUT2D eigenvalue weighted by atomic mass is 10.2. The third-order valence-electron chi connectivity index (χ3n) is 4.94. The molecule has 2 aromatic heterocycles. The van der Waals surface area contributed by atoms with Crippen molar-refractivity contribution in [2.75, 3.05) is 63.9 Å². The van der Waals surface area contributed by atoms with Gasteiger partial charge in [-0.1, -0.05) is 18.3 Å². The average Bonchev–Trinajstić information content (AvgIpc) is 3.12. The van der Waals surface area contributed by atoms with Crippen LogP contribution in [-0.2, 0) is 4.74 Å². The first-order chi connectivity index (χ1) is 13.2. The first-order valence-electron chi connectivity index (χ1n) is 9.41. The summed E-state index contributed by atoms with van der Waals surface area (Å²) in [5, 5.41) is 5.35. The number of piperazine rings is 1. The lowest BCUT2D eigenvalue weighted by molar-refractivity contribution is 0.0628. The predicted octanol–water partition coefficient (Wildman–Crippen LogP) is 0.155. The van der Waals surface area contributed by atoms with E-state index in [2.05, 4.69) is 26.8 Å². The quantitative estimate of drug-likeness (QED) is 0.733. The van der Waals surface area contributed by atoms with E-state index in [1.54, 1.807) is 4.90 Å². The smallest absolute Gasteiger partial charge is 0.274 e. The van der Waals surface area contributed by atoms with E-state index < -0.39 is 5.56 Å². The Morgan fingerprint density at radius 2 is 1.93 bits per heavy atom. The van der Waals surface area contributed by atoms with Crippen molar-refractivity contribution < 1.29 is 9.53 Å². The van der Waals surface area contributed by atoms with Crippen LogP contribution in [0.15, 0.2) is 10.9 Å². The van der Waals surface area contributed by atoms with Gasteiger partial charge in [0, 0.05) is 45.3 Å². The van der Waals surface area contributed by atoms with Gasteiger partial charge >= 0.3 is 0 Å². The highest BCUT2D eigenvalue weighted by atomic mass is 32.1. The third-order valence-corrected chi connectivity index (χ3v) is 5.91. The van der Waals surface area contributed by atoms with Gasteiger partial charge in [0.25, 0.3) is 11.5 Å². The topological polar surface area (TPSA) is 83.3 Å². The summed E-state index contributed by atoms with van der Waals surface area (Å²) in [6.07, 6.45) is 1.11. The molecule has 0 aromatic carbocycles. The van der Waals surface area contributed by atoms with Crippen molar-refractivity contribution in [3.63, 3.8) is 0 Å². The molecule has 2 aromatic rings. The summed E-state index contributed by atoms with van der Waals surface area (Å²) in [6.45, 7) is 9.04. The second-order valence-electron chi connectivity index (χ2n) is 6.79. The van der Waals surface area contributed by atoms with Gasteiger partial charge in [0.05, 0.1) is 13.2 Å². The summed E-state index contributed by atoms with van der Waals surface area (Å²) in [5.41, 5.74) is -0.107. The van der Waals surface area contributed by atoms with Gasteiger partial charge in [0.1, 0.15) is 5.69 Å². The summed E-state index contributed by atoms with van der Waals surface area (Å²) < 4.78 is 6.91. The molecule has 2 saturated heterocycles. The molecule has 0 unspecified atom stereocenters. The molecule has 0 aliphatic carbocycles. The Kier molecular flexibility index (Phi) is 5.37. The number of fused-ring (bicyclic) bond motifs is 1. The van der Waals surface area contributed by atoms with E-state index in [0.717, 1.165) is 44.3 Å². The first-order valence-corrected chi connectivity index (χ1v) is 10.2. The van der Waals surface area contributed by atoms with E-state index in [4.69, 9.17) is 4.74 Å². The van der Waals surface area contributed by atoms with E-state index in [0.29, 0.717) is 37.0 Å². The molecule has 4 heterocycles. The summed E-state index contributed by atoms with van der Waals surface area (Å²) in [6, 6.07) is 1.30. The zero-order chi connectivity index (χ0) is 18.8. The molecule has 0 atom stereocenters. The Labute approximate surface area is 161 Å². The largest absolute Gasteiger partial charge is 0.378 e. The van der Waals surface area contributed by atoms with Gasteiger partial charge in [0.15, 0.2) is 0 Å². The zero-order valence-electron chi connectivity index (χ0n) is 15.5. The lowest BCUT2D eigenvalue weighted by Crippen LogP contribution is -2.49. The number of rotatable bonds is 4. The summed E-state index contributed by atoms with van der Waals surface area (Å²) in [7, 11) is 0. The van der Waals surface area contributed by atoms with Crippen molar-refractivity contribution in [2.45, 2.75) is 13.3 Å². The lowest BCUT2D eigenvalue weighted by Gasteiger charge is -2.34. The van der Waals surface area contributed by atoms with Gasteiger partial charge < -0.3 is 14.5 Å². The Morgan fingerprint density at radius 3 is 2.63 bits per heavy atom. The minimum Gasteiger partial charge on any atom is -0.378 e. The average molecular weight is 392 g/mol. The van der Waals surface area contributed by atoms with Crippen LogP contribution in [-0.4, -0.2) is 89.3 Å². The van der Waals surface area contributed by atoms with Gasteiger partial charge in [-0.2, -0.15) is 9.50 Å². The molecule has 1 amide bonds. The van der Waals surface area contributed by atoms with Crippen LogP contribution in [0.5, 0.6) is 0 Å². The van der Waals surface area contributed by atoms with E-state index in [1.165, 1.54) is 21.9 Å². The van der Waals surface area contributed by atoms with Crippen LogP contribution in [0.4, 0.5) is 5.13 Å². The van der Waals surface area contributed by atoms with Gasteiger partial charge in [-0.15, -0.1) is 5.10 Å². The number of carbonyl (C=O) groups is 1.